The van der Waals surface area contributed by atoms with Crippen LogP contribution in [-0.4, -0.2) is 13.4 Å². The van der Waals surface area contributed by atoms with Crippen LogP contribution in [0.4, 0.5) is 0 Å². The van der Waals surface area contributed by atoms with Crippen molar-refractivity contribution in [3.63, 3.8) is 0 Å². The molecule has 2 rings (SSSR count). The van der Waals surface area contributed by atoms with Gasteiger partial charge in [-0.2, -0.15) is 0 Å². The van der Waals surface area contributed by atoms with Gasteiger partial charge in [0.15, 0.2) is 0 Å². The molecule has 0 bridgehead atoms. The maximum Gasteiger partial charge on any atom is 0.147 e. The van der Waals surface area contributed by atoms with E-state index in [4.69, 9.17) is 9.47 Å². The molecule has 1 atom stereocenters. The van der Waals surface area contributed by atoms with Crippen LogP contribution in [0.2, 0.25) is 0 Å². The first kappa shape index (κ1) is 8.73. The van der Waals surface area contributed by atoms with Gasteiger partial charge in [-0.05, 0) is 12.5 Å². The van der Waals surface area contributed by atoms with Gasteiger partial charge in [0.05, 0.1) is 12.7 Å². The molecule has 1 unspecified atom stereocenters. The van der Waals surface area contributed by atoms with Crippen LogP contribution in [0.15, 0.2) is 24.3 Å². The summed E-state index contributed by atoms with van der Waals surface area (Å²) < 4.78 is 10.6. The highest BCUT2D eigenvalue weighted by Gasteiger charge is 2.15. The third kappa shape index (κ3) is 2.08. The maximum atomic E-state index is 5.50. The van der Waals surface area contributed by atoms with Crippen molar-refractivity contribution < 1.29 is 9.47 Å². The van der Waals surface area contributed by atoms with Crippen LogP contribution < -0.4 is 0 Å². The molecule has 2 nitrogen and oxygen atoms in total. The third-order valence-electron chi connectivity index (χ3n) is 2.29. The van der Waals surface area contributed by atoms with E-state index in [-0.39, 0.29) is 6.10 Å². The number of benzene rings is 1. The summed E-state index contributed by atoms with van der Waals surface area (Å²) in [6.45, 7) is 3.33. The highest BCUT2D eigenvalue weighted by Crippen LogP contribution is 2.24. The summed E-state index contributed by atoms with van der Waals surface area (Å²) in [5.41, 5.74) is 2.55. The van der Waals surface area contributed by atoms with E-state index in [0.717, 1.165) is 13.0 Å². The minimum Gasteiger partial charge on any atom is -0.355 e. The van der Waals surface area contributed by atoms with Gasteiger partial charge in [0.2, 0.25) is 0 Å². The van der Waals surface area contributed by atoms with Gasteiger partial charge in [-0.1, -0.05) is 29.8 Å². The van der Waals surface area contributed by atoms with Gasteiger partial charge < -0.3 is 9.47 Å². The second-order valence-corrected chi connectivity index (χ2v) is 3.38. The Hall–Kier alpha value is -0.860. The van der Waals surface area contributed by atoms with Crippen molar-refractivity contribution in [1.29, 1.82) is 0 Å². The second-order valence-electron chi connectivity index (χ2n) is 3.38. The second kappa shape index (κ2) is 3.90. The molecule has 1 aromatic carbocycles. The molecule has 1 aromatic rings. The largest absolute Gasteiger partial charge is 0.355 e. The van der Waals surface area contributed by atoms with Gasteiger partial charge in [0.25, 0.3) is 0 Å². The first-order chi connectivity index (χ1) is 6.36. The monoisotopic (exact) mass is 178 g/mol. The standard InChI is InChI=1S/C11H14O2/c1-9-3-2-4-10(7-9)11-5-6-12-8-13-11/h2-4,7,11H,5-6,8H2,1H3. The van der Waals surface area contributed by atoms with Crippen LogP contribution in [-0.2, 0) is 9.47 Å². The van der Waals surface area contributed by atoms with Crippen LogP contribution in [0, 0.1) is 6.92 Å². The molecule has 1 aliphatic rings. The predicted molar refractivity (Wildman–Crippen MR) is 50.4 cm³/mol. The van der Waals surface area contributed by atoms with Crippen molar-refractivity contribution in [3.05, 3.63) is 35.4 Å². The molecule has 13 heavy (non-hydrogen) atoms. The zero-order valence-corrected chi connectivity index (χ0v) is 7.82. The van der Waals surface area contributed by atoms with Gasteiger partial charge in [0.1, 0.15) is 6.79 Å². The number of aryl methyl sites for hydroxylation is 1. The van der Waals surface area contributed by atoms with E-state index in [0.29, 0.717) is 6.79 Å². The molecule has 1 heterocycles. The fraction of sp³-hybridized carbons (Fsp3) is 0.455. The quantitative estimate of drug-likeness (QED) is 0.657. The maximum absolute atomic E-state index is 5.50. The normalized spacial score (nSPS) is 23.0. The predicted octanol–water partition coefficient (Wildman–Crippen LogP) is 2.43. The lowest BCUT2D eigenvalue weighted by Gasteiger charge is -2.23. The van der Waals surface area contributed by atoms with Gasteiger partial charge in [-0.3, -0.25) is 0 Å². The Morgan fingerprint density at radius 3 is 3.00 bits per heavy atom. The number of rotatable bonds is 1. The Morgan fingerprint density at radius 2 is 2.31 bits per heavy atom. The summed E-state index contributed by atoms with van der Waals surface area (Å²) in [7, 11) is 0. The van der Waals surface area contributed by atoms with Crippen molar-refractivity contribution >= 4 is 0 Å². The molecule has 0 N–H and O–H groups in total. The summed E-state index contributed by atoms with van der Waals surface area (Å²) >= 11 is 0. The fourth-order valence-corrected chi connectivity index (χ4v) is 1.60. The van der Waals surface area contributed by atoms with E-state index < -0.39 is 0 Å². The molecule has 70 valence electrons. The van der Waals surface area contributed by atoms with E-state index >= 15 is 0 Å². The van der Waals surface area contributed by atoms with E-state index in [1.165, 1.54) is 11.1 Å². The van der Waals surface area contributed by atoms with Crippen LogP contribution in [0.5, 0.6) is 0 Å². The van der Waals surface area contributed by atoms with Crippen LogP contribution in [0.1, 0.15) is 23.7 Å². The molecule has 1 saturated heterocycles. The summed E-state index contributed by atoms with van der Waals surface area (Å²) in [5, 5.41) is 0. The highest BCUT2D eigenvalue weighted by molar-refractivity contribution is 5.24. The van der Waals surface area contributed by atoms with Crippen molar-refractivity contribution in [1.82, 2.24) is 0 Å². The summed E-state index contributed by atoms with van der Waals surface area (Å²) in [4.78, 5) is 0. The Balaban J connectivity index is 2.14. The molecular weight excluding hydrogens is 164 g/mol. The lowest BCUT2D eigenvalue weighted by molar-refractivity contribution is -0.140. The molecule has 0 aliphatic carbocycles. The summed E-state index contributed by atoms with van der Waals surface area (Å²) in [5.74, 6) is 0. The molecule has 0 saturated carbocycles. The van der Waals surface area contributed by atoms with Crippen molar-refractivity contribution in [2.75, 3.05) is 13.4 Å². The Bertz CT molecular complexity index is 277. The van der Waals surface area contributed by atoms with Gasteiger partial charge in [-0.15, -0.1) is 0 Å². The van der Waals surface area contributed by atoms with Crippen LogP contribution in [0.3, 0.4) is 0 Å². The topological polar surface area (TPSA) is 18.5 Å². The SMILES string of the molecule is Cc1cccc(C2CCOCO2)c1. The minimum atomic E-state index is 0.230. The highest BCUT2D eigenvalue weighted by atomic mass is 16.7. The number of hydrogen-bond acceptors (Lipinski definition) is 2. The molecule has 2 heteroatoms. The van der Waals surface area contributed by atoms with Gasteiger partial charge >= 0.3 is 0 Å². The van der Waals surface area contributed by atoms with E-state index in [9.17, 15) is 0 Å². The molecule has 0 aromatic heterocycles. The average molecular weight is 178 g/mol. The Labute approximate surface area is 78.5 Å². The smallest absolute Gasteiger partial charge is 0.147 e. The first-order valence-electron chi connectivity index (χ1n) is 4.62. The van der Waals surface area contributed by atoms with Crippen LogP contribution >= 0.6 is 0 Å². The zero-order valence-electron chi connectivity index (χ0n) is 7.82. The van der Waals surface area contributed by atoms with Crippen LogP contribution in [0.25, 0.3) is 0 Å². The van der Waals surface area contributed by atoms with E-state index in [1.54, 1.807) is 0 Å². The lowest BCUT2D eigenvalue weighted by atomic mass is 10.0. The Morgan fingerprint density at radius 1 is 1.38 bits per heavy atom. The van der Waals surface area contributed by atoms with Crippen molar-refractivity contribution in [3.8, 4) is 0 Å². The molecular formula is C11H14O2. The first-order valence-corrected chi connectivity index (χ1v) is 4.62. The van der Waals surface area contributed by atoms with Gasteiger partial charge in [0, 0.05) is 6.42 Å². The van der Waals surface area contributed by atoms with E-state index in [1.807, 2.05) is 0 Å². The molecule has 0 radical (unpaired) electrons. The molecule has 0 amide bonds. The molecule has 0 spiro atoms. The minimum absolute atomic E-state index is 0.230. The Kier molecular flexibility index (Phi) is 2.62. The molecule has 1 fully saturated rings. The number of ether oxygens (including phenoxy) is 2. The average Bonchev–Trinajstić information content (AvgIpc) is 2.19. The summed E-state index contributed by atoms with van der Waals surface area (Å²) in [6.07, 6.45) is 1.19. The molecule has 1 aliphatic heterocycles. The van der Waals surface area contributed by atoms with Crippen molar-refractivity contribution in [2.24, 2.45) is 0 Å². The zero-order chi connectivity index (χ0) is 9.10. The number of hydrogen-bond donors (Lipinski definition) is 0. The third-order valence-corrected chi connectivity index (χ3v) is 2.29. The fourth-order valence-electron chi connectivity index (χ4n) is 1.60. The lowest BCUT2D eigenvalue weighted by Crippen LogP contribution is -2.17. The van der Waals surface area contributed by atoms with Crippen molar-refractivity contribution in [2.45, 2.75) is 19.4 Å². The van der Waals surface area contributed by atoms with E-state index in [2.05, 4.69) is 31.2 Å². The summed E-state index contributed by atoms with van der Waals surface area (Å²) in [6, 6.07) is 8.46. The van der Waals surface area contributed by atoms with Gasteiger partial charge in [-0.25, -0.2) is 0 Å².